The van der Waals surface area contributed by atoms with Gasteiger partial charge in [0.2, 0.25) is 5.91 Å². The van der Waals surface area contributed by atoms with Gasteiger partial charge in [-0.2, -0.15) is 0 Å². The summed E-state index contributed by atoms with van der Waals surface area (Å²) in [5.41, 5.74) is 0. The minimum atomic E-state index is -0.317. The van der Waals surface area contributed by atoms with E-state index in [2.05, 4.69) is 12.2 Å². The zero-order valence-corrected chi connectivity index (χ0v) is 11.3. The molecular weight excluding hydrogens is 220 g/mol. The Hall–Kier alpha value is -1.10. The van der Waals surface area contributed by atoms with Gasteiger partial charge in [-0.3, -0.25) is 14.5 Å². The minimum Gasteiger partial charge on any atom is -0.468 e. The first-order valence-electron chi connectivity index (χ1n) is 6.13. The van der Waals surface area contributed by atoms with Crippen molar-refractivity contribution in [2.75, 3.05) is 27.2 Å². The summed E-state index contributed by atoms with van der Waals surface area (Å²) < 4.78 is 4.80. The Morgan fingerprint density at radius 3 is 2.41 bits per heavy atom. The number of amides is 1. The summed E-state index contributed by atoms with van der Waals surface area (Å²) in [6, 6.07) is -0.317. The number of nitrogens with one attached hydrogen (secondary N) is 1. The van der Waals surface area contributed by atoms with Crippen LogP contribution >= 0.6 is 0 Å². The largest absolute Gasteiger partial charge is 0.468 e. The van der Waals surface area contributed by atoms with Gasteiger partial charge in [0.1, 0.15) is 6.04 Å². The van der Waals surface area contributed by atoms with Crippen molar-refractivity contribution in [3.63, 3.8) is 0 Å². The number of ether oxygens (including phenoxy) is 1. The van der Waals surface area contributed by atoms with Gasteiger partial charge in [0.25, 0.3) is 0 Å². The normalized spacial score (nSPS) is 12.3. The van der Waals surface area contributed by atoms with E-state index in [9.17, 15) is 9.59 Å². The molecule has 0 aromatic rings. The summed E-state index contributed by atoms with van der Waals surface area (Å²) in [4.78, 5) is 24.9. The number of esters is 1. The molecule has 100 valence electrons. The van der Waals surface area contributed by atoms with Crippen LogP contribution in [0.1, 0.15) is 33.1 Å². The van der Waals surface area contributed by atoms with Crippen LogP contribution in [-0.4, -0.2) is 50.1 Å². The first-order valence-corrected chi connectivity index (χ1v) is 6.13. The molecule has 0 radical (unpaired) electrons. The molecule has 1 atom stereocenters. The van der Waals surface area contributed by atoms with Crippen molar-refractivity contribution in [3.8, 4) is 0 Å². The monoisotopic (exact) mass is 244 g/mol. The first kappa shape index (κ1) is 15.9. The second kappa shape index (κ2) is 8.98. The van der Waals surface area contributed by atoms with Crippen LogP contribution in [0, 0.1) is 0 Å². The van der Waals surface area contributed by atoms with Crippen molar-refractivity contribution in [3.05, 3.63) is 0 Å². The lowest BCUT2D eigenvalue weighted by atomic mass is 10.1. The summed E-state index contributed by atoms with van der Waals surface area (Å²) >= 11 is 0. The quantitative estimate of drug-likeness (QED) is 0.641. The predicted octanol–water partition coefficient (Wildman–Crippen LogP) is 0.786. The predicted molar refractivity (Wildman–Crippen MR) is 66.6 cm³/mol. The van der Waals surface area contributed by atoms with E-state index in [1.807, 2.05) is 11.8 Å². The number of carbonyl (C=O) groups excluding carboxylic acids is 2. The number of unbranched alkanes of at least 4 members (excludes halogenated alkanes) is 1. The van der Waals surface area contributed by atoms with Gasteiger partial charge in [0.05, 0.1) is 13.7 Å². The van der Waals surface area contributed by atoms with Gasteiger partial charge in [-0.05, 0) is 13.0 Å². The Kier molecular flexibility index (Phi) is 8.40. The first-order chi connectivity index (χ1) is 8.10. The number of carbonyl (C=O) groups is 2. The molecule has 5 nitrogen and oxygen atoms in total. The second-order valence-corrected chi connectivity index (χ2v) is 3.92. The molecule has 0 bridgehead atoms. The number of hydrogen-bond acceptors (Lipinski definition) is 4. The van der Waals surface area contributed by atoms with Crippen molar-refractivity contribution < 1.29 is 14.3 Å². The van der Waals surface area contributed by atoms with Crippen molar-refractivity contribution in [2.24, 2.45) is 0 Å². The highest BCUT2D eigenvalue weighted by Gasteiger charge is 2.26. The van der Waals surface area contributed by atoms with Crippen LogP contribution in [0.5, 0.6) is 0 Å². The SMILES string of the molecule is CCCCC(C(=O)OC)N(CC)CC(=O)NC. The number of likely N-dealkylation sites (N-methyl/N-ethyl adjacent to an activating group) is 2. The Morgan fingerprint density at radius 2 is 2.00 bits per heavy atom. The molecule has 1 unspecified atom stereocenters. The molecule has 0 aromatic carbocycles. The molecule has 0 aliphatic heterocycles. The van der Waals surface area contributed by atoms with Crippen LogP contribution < -0.4 is 5.32 Å². The fourth-order valence-electron chi connectivity index (χ4n) is 1.69. The van der Waals surface area contributed by atoms with Gasteiger partial charge in [-0.25, -0.2) is 0 Å². The molecule has 1 N–H and O–H groups in total. The van der Waals surface area contributed by atoms with Crippen molar-refractivity contribution in [2.45, 2.75) is 39.2 Å². The fourth-order valence-corrected chi connectivity index (χ4v) is 1.69. The van der Waals surface area contributed by atoms with Crippen molar-refractivity contribution in [1.29, 1.82) is 0 Å². The molecule has 0 aliphatic rings. The number of nitrogens with zero attached hydrogens (tertiary/aromatic N) is 1. The van der Waals surface area contributed by atoms with Crippen LogP contribution in [0.4, 0.5) is 0 Å². The topological polar surface area (TPSA) is 58.6 Å². The lowest BCUT2D eigenvalue weighted by Gasteiger charge is -2.27. The van der Waals surface area contributed by atoms with Crippen LogP contribution in [0.15, 0.2) is 0 Å². The fraction of sp³-hybridized carbons (Fsp3) is 0.833. The third kappa shape index (κ3) is 5.68. The van der Waals surface area contributed by atoms with Crippen molar-refractivity contribution in [1.82, 2.24) is 10.2 Å². The maximum absolute atomic E-state index is 11.7. The van der Waals surface area contributed by atoms with E-state index in [4.69, 9.17) is 4.74 Å². The van der Waals surface area contributed by atoms with Gasteiger partial charge in [0.15, 0.2) is 0 Å². The van der Waals surface area contributed by atoms with E-state index >= 15 is 0 Å². The molecule has 0 saturated carbocycles. The summed E-state index contributed by atoms with van der Waals surface area (Å²) in [6.07, 6.45) is 2.70. The molecule has 17 heavy (non-hydrogen) atoms. The number of hydrogen-bond donors (Lipinski definition) is 1. The number of methoxy groups -OCH3 is 1. The summed E-state index contributed by atoms with van der Waals surface area (Å²) in [5, 5.41) is 2.56. The van der Waals surface area contributed by atoms with E-state index in [0.29, 0.717) is 6.54 Å². The lowest BCUT2D eigenvalue weighted by Crippen LogP contribution is -2.46. The molecule has 0 rings (SSSR count). The Bertz CT molecular complexity index is 244. The molecule has 0 spiro atoms. The summed E-state index contributed by atoms with van der Waals surface area (Å²) in [7, 11) is 2.98. The summed E-state index contributed by atoms with van der Waals surface area (Å²) in [6.45, 7) is 4.89. The standard InChI is InChI=1S/C12H24N2O3/c1-5-7-8-10(12(16)17-4)14(6-2)9-11(15)13-3/h10H,5-9H2,1-4H3,(H,13,15). The van der Waals surface area contributed by atoms with Gasteiger partial charge in [0, 0.05) is 7.05 Å². The van der Waals surface area contributed by atoms with E-state index < -0.39 is 0 Å². The summed E-state index contributed by atoms with van der Waals surface area (Å²) in [5.74, 6) is -0.346. The van der Waals surface area contributed by atoms with E-state index in [1.165, 1.54) is 7.11 Å². The maximum atomic E-state index is 11.7. The molecule has 1 amide bonds. The van der Waals surface area contributed by atoms with Crippen LogP contribution in [-0.2, 0) is 14.3 Å². The van der Waals surface area contributed by atoms with Gasteiger partial charge in [-0.15, -0.1) is 0 Å². The Morgan fingerprint density at radius 1 is 1.35 bits per heavy atom. The molecule has 0 fully saturated rings. The average Bonchev–Trinajstić information content (AvgIpc) is 2.36. The van der Waals surface area contributed by atoms with Gasteiger partial charge < -0.3 is 10.1 Å². The van der Waals surface area contributed by atoms with Crippen LogP contribution in [0.3, 0.4) is 0 Å². The molecule has 0 aliphatic carbocycles. The average molecular weight is 244 g/mol. The third-order valence-corrected chi connectivity index (χ3v) is 2.78. The highest BCUT2D eigenvalue weighted by molar-refractivity contribution is 5.80. The molecule has 0 saturated heterocycles. The zero-order chi connectivity index (χ0) is 13.3. The van der Waals surface area contributed by atoms with E-state index in [0.717, 1.165) is 19.3 Å². The van der Waals surface area contributed by atoms with E-state index in [1.54, 1.807) is 7.05 Å². The lowest BCUT2D eigenvalue weighted by molar-refractivity contribution is -0.147. The van der Waals surface area contributed by atoms with Crippen LogP contribution in [0.25, 0.3) is 0 Å². The molecule has 0 aromatic heterocycles. The van der Waals surface area contributed by atoms with Gasteiger partial charge in [-0.1, -0.05) is 26.7 Å². The zero-order valence-electron chi connectivity index (χ0n) is 11.3. The maximum Gasteiger partial charge on any atom is 0.323 e. The third-order valence-electron chi connectivity index (χ3n) is 2.78. The van der Waals surface area contributed by atoms with Gasteiger partial charge >= 0.3 is 5.97 Å². The second-order valence-electron chi connectivity index (χ2n) is 3.92. The van der Waals surface area contributed by atoms with Crippen molar-refractivity contribution >= 4 is 11.9 Å². The highest BCUT2D eigenvalue weighted by atomic mass is 16.5. The highest BCUT2D eigenvalue weighted by Crippen LogP contribution is 2.10. The molecular formula is C12H24N2O3. The van der Waals surface area contributed by atoms with Crippen LogP contribution in [0.2, 0.25) is 0 Å². The number of rotatable bonds is 8. The van der Waals surface area contributed by atoms with E-state index in [-0.39, 0.29) is 24.5 Å². The minimum absolute atomic E-state index is 0.0859. The molecule has 5 heteroatoms. The molecule has 0 heterocycles. The smallest absolute Gasteiger partial charge is 0.323 e. The Balaban J connectivity index is 4.59. The Labute approximate surface area is 103 Å².